The Morgan fingerprint density at radius 1 is 1.40 bits per heavy atom. The van der Waals surface area contributed by atoms with Crippen LogP contribution in [0.15, 0.2) is 18.3 Å². The smallest absolute Gasteiger partial charge is 0.216 e. The summed E-state index contributed by atoms with van der Waals surface area (Å²) in [4.78, 5) is 6.35. The lowest BCUT2D eigenvalue weighted by molar-refractivity contribution is 0.370. The van der Waals surface area contributed by atoms with Crippen LogP contribution >= 0.6 is 0 Å². The van der Waals surface area contributed by atoms with Crippen LogP contribution in [0.4, 0.5) is 11.5 Å². The molecule has 0 spiro atoms. The van der Waals surface area contributed by atoms with E-state index in [0.717, 1.165) is 28.6 Å². The van der Waals surface area contributed by atoms with E-state index in [9.17, 15) is 0 Å². The molecule has 108 valence electrons. The minimum Gasteiger partial charge on any atom is -0.481 e. The molecule has 2 aromatic rings. The molecule has 0 aliphatic carbocycles. The summed E-state index contributed by atoms with van der Waals surface area (Å²) in [5, 5.41) is 7.78. The average Bonchev–Trinajstić information content (AvgIpc) is 2.70. The third kappa shape index (κ3) is 2.68. The topological polar surface area (TPSA) is 55.2 Å². The van der Waals surface area contributed by atoms with E-state index in [1.54, 1.807) is 18.0 Å². The Kier molecular flexibility index (Phi) is 4.12. The maximum atomic E-state index is 5.40. The van der Waals surface area contributed by atoms with E-state index in [2.05, 4.69) is 15.4 Å². The second-order valence-electron chi connectivity index (χ2n) is 4.82. The zero-order valence-electron chi connectivity index (χ0n) is 12.6. The molecule has 2 aromatic heterocycles. The zero-order chi connectivity index (χ0) is 14.7. The highest BCUT2D eigenvalue weighted by atomic mass is 16.5. The predicted octanol–water partition coefficient (Wildman–Crippen LogP) is 1.81. The molecule has 0 radical (unpaired) electrons. The maximum absolute atomic E-state index is 5.40. The Hall–Kier alpha value is -2.24. The first-order chi connectivity index (χ1) is 9.54. The average molecular weight is 275 g/mol. The standard InChI is InChI=1S/C14H21N5O/c1-10-11(14(20-5)19(4)17-10)9-16-12-7-6-8-15-13(12)18(2)3/h6-8,16H,9H2,1-5H3. The molecule has 1 N–H and O–H groups in total. The molecule has 0 aliphatic rings. The number of anilines is 2. The van der Waals surface area contributed by atoms with Gasteiger partial charge in [0.25, 0.3) is 0 Å². The zero-order valence-corrected chi connectivity index (χ0v) is 12.6. The Labute approximate surface area is 119 Å². The van der Waals surface area contributed by atoms with Gasteiger partial charge >= 0.3 is 0 Å². The molecule has 0 aliphatic heterocycles. The molecular formula is C14H21N5O. The summed E-state index contributed by atoms with van der Waals surface area (Å²) in [6.07, 6.45) is 1.79. The van der Waals surface area contributed by atoms with Gasteiger partial charge in [-0.3, -0.25) is 0 Å². The van der Waals surface area contributed by atoms with Gasteiger partial charge in [0.15, 0.2) is 5.82 Å². The molecular weight excluding hydrogens is 254 g/mol. The number of nitrogens with one attached hydrogen (secondary N) is 1. The quantitative estimate of drug-likeness (QED) is 0.902. The number of rotatable bonds is 5. The molecule has 0 amide bonds. The number of methoxy groups -OCH3 is 1. The van der Waals surface area contributed by atoms with Crippen LogP contribution in [0.1, 0.15) is 11.3 Å². The van der Waals surface area contributed by atoms with E-state index < -0.39 is 0 Å². The fourth-order valence-corrected chi connectivity index (χ4v) is 2.21. The number of aryl methyl sites for hydroxylation is 2. The van der Waals surface area contributed by atoms with Crippen molar-refractivity contribution in [3.8, 4) is 5.88 Å². The lowest BCUT2D eigenvalue weighted by Crippen LogP contribution is -2.14. The number of hydrogen-bond donors (Lipinski definition) is 1. The van der Waals surface area contributed by atoms with E-state index in [4.69, 9.17) is 4.74 Å². The largest absolute Gasteiger partial charge is 0.481 e. The second kappa shape index (κ2) is 5.81. The molecule has 20 heavy (non-hydrogen) atoms. The summed E-state index contributed by atoms with van der Waals surface area (Å²) in [6.45, 7) is 2.63. The Balaban J connectivity index is 2.21. The first kappa shape index (κ1) is 14.2. The third-order valence-corrected chi connectivity index (χ3v) is 3.15. The van der Waals surface area contributed by atoms with Crippen molar-refractivity contribution in [1.29, 1.82) is 0 Å². The minimum absolute atomic E-state index is 0.648. The number of aromatic nitrogens is 3. The summed E-state index contributed by atoms with van der Waals surface area (Å²) >= 11 is 0. The van der Waals surface area contributed by atoms with Gasteiger partial charge in [-0.2, -0.15) is 5.10 Å². The van der Waals surface area contributed by atoms with Gasteiger partial charge in [0.2, 0.25) is 5.88 Å². The molecule has 2 rings (SSSR count). The molecule has 0 fully saturated rings. The second-order valence-corrected chi connectivity index (χ2v) is 4.82. The number of ether oxygens (including phenoxy) is 1. The summed E-state index contributed by atoms with van der Waals surface area (Å²) in [5.41, 5.74) is 3.01. The summed E-state index contributed by atoms with van der Waals surface area (Å²) in [6, 6.07) is 3.93. The van der Waals surface area contributed by atoms with Crippen LogP contribution in [-0.4, -0.2) is 36.0 Å². The molecule has 6 nitrogen and oxygen atoms in total. The molecule has 0 unspecified atom stereocenters. The summed E-state index contributed by atoms with van der Waals surface area (Å²) in [5.74, 6) is 1.69. The summed E-state index contributed by atoms with van der Waals surface area (Å²) in [7, 11) is 7.49. The van der Waals surface area contributed by atoms with E-state index >= 15 is 0 Å². The van der Waals surface area contributed by atoms with Gasteiger partial charge in [0, 0.05) is 33.9 Å². The van der Waals surface area contributed by atoms with Gasteiger partial charge in [0.05, 0.1) is 24.1 Å². The normalized spacial score (nSPS) is 10.4. The van der Waals surface area contributed by atoms with Crippen molar-refractivity contribution < 1.29 is 4.74 Å². The van der Waals surface area contributed by atoms with Gasteiger partial charge in [-0.05, 0) is 19.1 Å². The minimum atomic E-state index is 0.648. The Bertz CT molecular complexity index is 591. The number of pyridine rings is 1. The third-order valence-electron chi connectivity index (χ3n) is 3.15. The highest BCUT2D eigenvalue weighted by Gasteiger charge is 2.14. The van der Waals surface area contributed by atoms with E-state index in [-0.39, 0.29) is 0 Å². The SMILES string of the molecule is COc1c(CNc2cccnc2N(C)C)c(C)nn1C. The van der Waals surface area contributed by atoms with Crippen LogP contribution in [-0.2, 0) is 13.6 Å². The van der Waals surface area contributed by atoms with Crippen LogP contribution in [0.2, 0.25) is 0 Å². The number of nitrogens with zero attached hydrogens (tertiary/aromatic N) is 4. The first-order valence-electron chi connectivity index (χ1n) is 6.47. The molecule has 0 bridgehead atoms. The lowest BCUT2D eigenvalue weighted by atomic mass is 10.2. The van der Waals surface area contributed by atoms with E-state index in [1.807, 2.05) is 45.1 Å². The monoisotopic (exact) mass is 275 g/mol. The molecule has 0 saturated carbocycles. The fraction of sp³-hybridized carbons (Fsp3) is 0.429. The molecule has 0 aromatic carbocycles. The van der Waals surface area contributed by atoms with Crippen LogP contribution in [0.3, 0.4) is 0 Å². The van der Waals surface area contributed by atoms with Gasteiger partial charge in [-0.15, -0.1) is 0 Å². The van der Waals surface area contributed by atoms with Crippen molar-refractivity contribution >= 4 is 11.5 Å². The van der Waals surface area contributed by atoms with Gasteiger partial charge < -0.3 is 15.0 Å². The highest BCUT2D eigenvalue weighted by Crippen LogP contribution is 2.25. The van der Waals surface area contributed by atoms with Crippen LogP contribution in [0.5, 0.6) is 5.88 Å². The van der Waals surface area contributed by atoms with Crippen molar-refractivity contribution in [2.24, 2.45) is 7.05 Å². The summed E-state index contributed by atoms with van der Waals surface area (Å²) < 4.78 is 7.15. The predicted molar refractivity (Wildman–Crippen MR) is 80.4 cm³/mol. The molecule has 0 saturated heterocycles. The van der Waals surface area contributed by atoms with Crippen molar-refractivity contribution in [1.82, 2.24) is 14.8 Å². The van der Waals surface area contributed by atoms with Gasteiger partial charge in [-0.1, -0.05) is 0 Å². The van der Waals surface area contributed by atoms with Gasteiger partial charge in [-0.25, -0.2) is 9.67 Å². The van der Waals surface area contributed by atoms with Crippen LogP contribution in [0, 0.1) is 6.92 Å². The van der Waals surface area contributed by atoms with Crippen molar-refractivity contribution in [3.63, 3.8) is 0 Å². The fourth-order valence-electron chi connectivity index (χ4n) is 2.21. The molecule has 0 atom stereocenters. The molecule has 6 heteroatoms. The maximum Gasteiger partial charge on any atom is 0.216 e. The van der Waals surface area contributed by atoms with Gasteiger partial charge in [0.1, 0.15) is 0 Å². The van der Waals surface area contributed by atoms with Crippen molar-refractivity contribution in [2.45, 2.75) is 13.5 Å². The van der Waals surface area contributed by atoms with E-state index in [1.165, 1.54) is 0 Å². The van der Waals surface area contributed by atoms with E-state index in [0.29, 0.717) is 6.54 Å². The van der Waals surface area contributed by atoms with Crippen LogP contribution < -0.4 is 15.0 Å². The van der Waals surface area contributed by atoms with Crippen LogP contribution in [0.25, 0.3) is 0 Å². The Morgan fingerprint density at radius 2 is 2.15 bits per heavy atom. The Morgan fingerprint density at radius 3 is 2.80 bits per heavy atom. The van der Waals surface area contributed by atoms with Crippen molar-refractivity contribution in [3.05, 3.63) is 29.6 Å². The first-order valence-corrected chi connectivity index (χ1v) is 6.47. The lowest BCUT2D eigenvalue weighted by Gasteiger charge is -2.17. The molecule has 2 heterocycles. The highest BCUT2D eigenvalue weighted by molar-refractivity contribution is 5.64. The van der Waals surface area contributed by atoms with Crippen molar-refractivity contribution in [2.75, 3.05) is 31.4 Å². The number of hydrogen-bond acceptors (Lipinski definition) is 5.